The lowest BCUT2D eigenvalue weighted by Gasteiger charge is -2.16. The van der Waals surface area contributed by atoms with Crippen molar-refractivity contribution >= 4 is 16.5 Å². The number of ether oxygens (including phenoxy) is 1. The number of benzene rings is 1. The quantitative estimate of drug-likeness (QED) is 0.597. The Morgan fingerprint density at radius 1 is 1.22 bits per heavy atom. The molecule has 2 aromatic heterocycles. The van der Waals surface area contributed by atoms with Crippen molar-refractivity contribution in [1.82, 2.24) is 9.55 Å². The summed E-state index contributed by atoms with van der Waals surface area (Å²) >= 11 is 0. The minimum Gasteiger partial charge on any atom is -0.481 e. The number of aromatic nitrogens is 2. The van der Waals surface area contributed by atoms with Crippen LogP contribution in [0.25, 0.3) is 27.6 Å². The summed E-state index contributed by atoms with van der Waals surface area (Å²) in [6.07, 6.45) is 8.34. The molecule has 27 heavy (non-hydrogen) atoms. The lowest BCUT2D eigenvalue weighted by atomic mass is 9.99. The first kappa shape index (κ1) is 18.6. The van der Waals surface area contributed by atoms with Crippen LogP contribution in [-0.4, -0.2) is 16.7 Å². The summed E-state index contributed by atoms with van der Waals surface area (Å²) in [6, 6.07) is 11.8. The minimum atomic E-state index is -0.0121. The highest BCUT2D eigenvalue weighted by Crippen LogP contribution is 2.29. The molecule has 0 radical (unpaired) electrons. The molecule has 0 bridgehead atoms. The van der Waals surface area contributed by atoms with Crippen LogP contribution in [0.3, 0.4) is 0 Å². The highest BCUT2D eigenvalue weighted by Gasteiger charge is 2.14. The number of fused-ring (bicyclic) bond motifs is 1. The number of rotatable bonds is 5. The number of methoxy groups -OCH3 is 1. The predicted octanol–water partition coefficient (Wildman–Crippen LogP) is 5.07. The van der Waals surface area contributed by atoms with Crippen LogP contribution in [0.15, 0.2) is 65.6 Å². The van der Waals surface area contributed by atoms with Crippen LogP contribution in [0.5, 0.6) is 5.88 Å². The van der Waals surface area contributed by atoms with Crippen LogP contribution in [0.4, 0.5) is 0 Å². The molecule has 0 aliphatic heterocycles. The summed E-state index contributed by atoms with van der Waals surface area (Å²) < 4.78 is 7.06. The smallest absolute Gasteiger partial charge is 0.263 e. The summed E-state index contributed by atoms with van der Waals surface area (Å²) in [7, 11) is 1.59. The maximum atomic E-state index is 13.6. The van der Waals surface area contributed by atoms with Gasteiger partial charge in [0, 0.05) is 23.7 Å². The Balaban J connectivity index is 2.40. The molecule has 1 aromatic carbocycles. The first-order valence-corrected chi connectivity index (χ1v) is 9.12. The third-order valence-corrected chi connectivity index (χ3v) is 4.63. The zero-order valence-corrected chi connectivity index (χ0v) is 16.2. The molecule has 3 aromatic rings. The van der Waals surface area contributed by atoms with Gasteiger partial charge in [0.1, 0.15) is 0 Å². The highest BCUT2D eigenvalue weighted by atomic mass is 16.5. The first-order chi connectivity index (χ1) is 13.1. The molecule has 0 fully saturated rings. The molecule has 4 heteroatoms. The van der Waals surface area contributed by atoms with E-state index in [2.05, 4.69) is 18.0 Å². The van der Waals surface area contributed by atoms with Crippen molar-refractivity contribution in [3.8, 4) is 17.0 Å². The monoisotopic (exact) mass is 360 g/mol. The van der Waals surface area contributed by atoms with Gasteiger partial charge in [-0.05, 0) is 55.0 Å². The van der Waals surface area contributed by atoms with Crippen LogP contribution in [-0.2, 0) is 6.42 Å². The number of hydrogen-bond donors (Lipinski definition) is 0. The lowest BCUT2D eigenvalue weighted by molar-refractivity contribution is 0.398. The zero-order valence-electron chi connectivity index (χ0n) is 16.2. The van der Waals surface area contributed by atoms with E-state index in [1.807, 2.05) is 67.0 Å². The van der Waals surface area contributed by atoms with E-state index in [0.717, 1.165) is 34.3 Å². The van der Waals surface area contributed by atoms with Gasteiger partial charge in [0.2, 0.25) is 5.88 Å². The Labute approximate surface area is 159 Å². The SMILES string of the molecule is C/C=C\C(=C/C)n1c(CC)cc2cccc(-c3ccnc(OC)c3)c2c1=O. The largest absolute Gasteiger partial charge is 0.481 e. The average molecular weight is 360 g/mol. The van der Waals surface area contributed by atoms with Crippen LogP contribution in [0, 0.1) is 0 Å². The van der Waals surface area contributed by atoms with E-state index < -0.39 is 0 Å². The molecule has 0 spiro atoms. The third-order valence-electron chi connectivity index (χ3n) is 4.63. The standard InChI is InChI=1S/C23H24N2O2/c1-5-9-18(6-2)25-19(7-3)14-17-10-8-11-20(22(17)23(25)26)16-12-13-24-21(15-16)27-4/h5-6,8-15H,7H2,1-4H3/b9-5-,18-6+. The molecule has 138 valence electrons. The Bertz CT molecular complexity index is 1090. The summed E-state index contributed by atoms with van der Waals surface area (Å²) in [6.45, 7) is 5.97. The number of nitrogens with zero attached hydrogens (tertiary/aromatic N) is 2. The van der Waals surface area contributed by atoms with Gasteiger partial charge in [-0.1, -0.05) is 37.3 Å². The number of hydrogen-bond acceptors (Lipinski definition) is 3. The topological polar surface area (TPSA) is 44.1 Å². The van der Waals surface area contributed by atoms with Gasteiger partial charge in [0.15, 0.2) is 0 Å². The van der Waals surface area contributed by atoms with Crippen molar-refractivity contribution < 1.29 is 4.74 Å². The minimum absolute atomic E-state index is 0.0121. The van der Waals surface area contributed by atoms with E-state index in [0.29, 0.717) is 11.3 Å². The molecule has 0 saturated carbocycles. The van der Waals surface area contributed by atoms with Gasteiger partial charge in [0.25, 0.3) is 5.56 Å². The van der Waals surface area contributed by atoms with Crippen molar-refractivity contribution in [3.63, 3.8) is 0 Å². The van der Waals surface area contributed by atoms with E-state index in [1.54, 1.807) is 13.3 Å². The van der Waals surface area contributed by atoms with E-state index in [-0.39, 0.29) is 5.56 Å². The second kappa shape index (κ2) is 8.04. The second-order valence-electron chi connectivity index (χ2n) is 6.20. The highest BCUT2D eigenvalue weighted by molar-refractivity contribution is 5.96. The van der Waals surface area contributed by atoms with Crippen molar-refractivity contribution in [1.29, 1.82) is 0 Å². The predicted molar refractivity (Wildman–Crippen MR) is 112 cm³/mol. The summed E-state index contributed by atoms with van der Waals surface area (Å²) in [5, 5.41) is 1.64. The molecule has 0 N–H and O–H groups in total. The molecule has 3 rings (SSSR count). The second-order valence-corrected chi connectivity index (χ2v) is 6.20. The van der Waals surface area contributed by atoms with Crippen LogP contribution < -0.4 is 10.3 Å². The summed E-state index contributed by atoms with van der Waals surface area (Å²) in [4.78, 5) is 17.7. The molecule has 0 aliphatic rings. The van der Waals surface area contributed by atoms with E-state index in [1.165, 1.54) is 0 Å². The van der Waals surface area contributed by atoms with Crippen LogP contribution in [0.2, 0.25) is 0 Å². The maximum absolute atomic E-state index is 13.6. The number of pyridine rings is 2. The Hall–Kier alpha value is -3.14. The molecule has 0 amide bonds. The molecular formula is C23H24N2O2. The molecule has 0 saturated heterocycles. The Morgan fingerprint density at radius 2 is 2.04 bits per heavy atom. The molecular weight excluding hydrogens is 336 g/mol. The van der Waals surface area contributed by atoms with Gasteiger partial charge in [-0.15, -0.1) is 0 Å². The van der Waals surface area contributed by atoms with Gasteiger partial charge in [-0.3, -0.25) is 9.36 Å². The fourth-order valence-electron chi connectivity index (χ4n) is 3.36. The molecule has 0 atom stereocenters. The van der Waals surface area contributed by atoms with Gasteiger partial charge < -0.3 is 4.74 Å². The van der Waals surface area contributed by atoms with Crippen LogP contribution in [0.1, 0.15) is 26.5 Å². The van der Waals surface area contributed by atoms with E-state index >= 15 is 0 Å². The molecule has 4 nitrogen and oxygen atoms in total. The summed E-state index contributed by atoms with van der Waals surface area (Å²) in [5.74, 6) is 0.526. The van der Waals surface area contributed by atoms with Crippen molar-refractivity contribution in [2.75, 3.05) is 7.11 Å². The Kier molecular flexibility index (Phi) is 5.55. The van der Waals surface area contributed by atoms with Crippen molar-refractivity contribution in [3.05, 3.63) is 76.9 Å². The van der Waals surface area contributed by atoms with E-state index in [4.69, 9.17) is 4.74 Å². The zero-order chi connectivity index (χ0) is 19.4. The third kappa shape index (κ3) is 3.43. The summed E-state index contributed by atoms with van der Waals surface area (Å²) in [5.41, 5.74) is 3.65. The number of allylic oxidation sites excluding steroid dienone is 4. The Morgan fingerprint density at radius 3 is 2.70 bits per heavy atom. The molecule has 0 unspecified atom stereocenters. The van der Waals surface area contributed by atoms with Gasteiger partial charge >= 0.3 is 0 Å². The maximum Gasteiger partial charge on any atom is 0.263 e. The van der Waals surface area contributed by atoms with Crippen LogP contribution >= 0.6 is 0 Å². The first-order valence-electron chi connectivity index (χ1n) is 9.12. The van der Waals surface area contributed by atoms with Crippen molar-refractivity contribution in [2.45, 2.75) is 27.2 Å². The normalized spacial score (nSPS) is 12.1. The fraction of sp³-hybridized carbons (Fsp3) is 0.217. The average Bonchev–Trinajstić information content (AvgIpc) is 2.71. The molecule has 0 aliphatic carbocycles. The van der Waals surface area contributed by atoms with E-state index in [9.17, 15) is 4.79 Å². The fourth-order valence-corrected chi connectivity index (χ4v) is 3.36. The van der Waals surface area contributed by atoms with Gasteiger partial charge in [-0.2, -0.15) is 0 Å². The van der Waals surface area contributed by atoms with Crippen molar-refractivity contribution in [2.24, 2.45) is 0 Å². The van der Waals surface area contributed by atoms with Gasteiger partial charge in [0.05, 0.1) is 12.5 Å². The van der Waals surface area contributed by atoms with Gasteiger partial charge in [-0.25, -0.2) is 4.98 Å². The molecule has 2 heterocycles. The number of aryl methyl sites for hydroxylation is 1. The lowest BCUT2D eigenvalue weighted by Crippen LogP contribution is -2.23.